The zero-order valence-electron chi connectivity index (χ0n) is 23.0. The fourth-order valence-corrected chi connectivity index (χ4v) is 8.17. The van der Waals surface area contributed by atoms with Gasteiger partial charge in [-0.3, -0.25) is 24.5 Å². The molecule has 0 aromatic carbocycles. The Morgan fingerprint density at radius 3 is 2.76 bits per heavy atom. The van der Waals surface area contributed by atoms with Gasteiger partial charge < -0.3 is 20.2 Å². The van der Waals surface area contributed by atoms with E-state index in [4.69, 9.17) is 11.3 Å². The SMILES string of the molecule is C#CCn1nnnc1SCC1(C(=O)O)CS[C@@H]2C(NC(=O)C(=NOC3CCCC3)c3csc(NC(=O)C(F)(F)F)n3)C(=O)N2C1. The van der Waals surface area contributed by atoms with E-state index in [0.29, 0.717) is 29.3 Å². The molecule has 4 heterocycles. The summed E-state index contributed by atoms with van der Waals surface area (Å²) in [6, 6.07) is -1.04. The molecule has 2 aromatic rings. The van der Waals surface area contributed by atoms with Crippen molar-refractivity contribution in [2.24, 2.45) is 10.6 Å². The molecule has 15 nitrogen and oxygen atoms in total. The molecule has 2 aromatic heterocycles. The molecule has 5 rings (SSSR count). The second-order valence-electron chi connectivity index (χ2n) is 10.3. The number of nitrogens with one attached hydrogen (secondary N) is 2. The third kappa shape index (κ3) is 7.01. The molecule has 1 aliphatic carbocycles. The Morgan fingerprint density at radius 2 is 2.07 bits per heavy atom. The van der Waals surface area contributed by atoms with Crippen LogP contribution in [0.1, 0.15) is 31.4 Å². The molecule has 3 N–H and O–H groups in total. The highest BCUT2D eigenvalue weighted by atomic mass is 32.2. The molecule has 3 fully saturated rings. The van der Waals surface area contributed by atoms with Gasteiger partial charge in [0.1, 0.15) is 35.2 Å². The highest BCUT2D eigenvalue weighted by molar-refractivity contribution is 8.00. The lowest BCUT2D eigenvalue weighted by atomic mass is 9.89. The molecule has 21 heteroatoms. The number of carboxylic acids is 1. The lowest BCUT2D eigenvalue weighted by molar-refractivity contribution is -0.167. The van der Waals surface area contributed by atoms with E-state index in [1.54, 1.807) is 5.32 Å². The summed E-state index contributed by atoms with van der Waals surface area (Å²) in [6.07, 6.45) is 3.09. The summed E-state index contributed by atoms with van der Waals surface area (Å²) in [4.78, 5) is 61.0. The van der Waals surface area contributed by atoms with Crippen LogP contribution < -0.4 is 10.6 Å². The highest BCUT2D eigenvalue weighted by Gasteiger charge is 2.57. The molecule has 2 saturated heterocycles. The number of β-lactam (4-membered cyclic amide) rings is 1. The number of rotatable bonds is 11. The van der Waals surface area contributed by atoms with Gasteiger partial charge in [0.15, 0.2) is 10.8 Å². The van der Waals surface area contributed by atoms with Crippen LogP contribution in [-0.4, -0.2) is 106 Å². The van der Waals surface area contributed by atoms with Crippen molar-refractivity contribution in [2.75, 3.05) is 23.4 Å². The summed E-state index contributed by atoms with van der Waals surface area (Å²) in [7, 11) is 0. The summed E-state index contributed by atoms with van der Waals surface area (Å²) in [6.45, 7) is -0.0331. The number of oxime groups is 1. The predicted octanol–water partition coefficient (Wildman–Crippen LogP) is 1.19. The molecule has 2 unspecified atom stereocenters. The van der Waals surface area contributed by atoms with E-state index >= 15 is 0 Å². The molecule has 45 heavy (non-hydrogen) atoms. The summed E-state index contributed by atoms with van der Waals surface area (Å²) >= 11 is 2.92. The molecule has 3 aliphatic rings. The minimum atomic E-state index is -5.14. The zero-order valence-corrected chi connectivity index (χ0v) is 25.5. The summed E-state index contributed by atoms with van der Waals surface area (Å²) in [5.41, 5.74) is -1.90. The van der Waals surface area contributed by atoms with Crippen LogP contribution in [-0.2, 0) is 30.6 Å². The quantitative estimate of drug-likeness (QED) is 0.101. The zero-order chi connectivity index (χ0) is 32.4. The van der Waals surface area contributed by atoms with E-state index in [9.17, 15) is 37.5 Å². The summed E-state index contributed by atoms with van der Waals surface area (Å²) in [5, 5.41) is 30.0. The maximum atomic E-state index is 13.4. The average molecular weight is 688 g/mol. The van der Waals surface area contributed by atoms with Crippen LogP contribution >= 0.6 is 34.9 Å². The topological polar surface area (TPSA) is 194 Å². The second kappa shape index (κ2) is 13.2. The minimum Gasteiger partial charge on any atom is -0.481 e. The Balaban J connectivity index is 1.27. The number of hydrogen-bond donors (Lipinski definition) is 3. The average Bonchev–Trinajstić information content (AvgIpc) is 3.78. The number of terminal acetylenes is 1. The van der Waals surface area contributed by atoms with Gasteiger partial charge in [-0.1, -0.05) is 22.8 Å². The Hall–Kier alpha value is -3.90. The number of aromatic nitrogens is 5. The van der Waals surface area contributed by atoms with E-state index < -0.39 is 57.5 Å². The Labute approximate surface area is 265 Å². The van der Waals surface area contributed by atoms with Gasteiger partial charge in [-0.05, 0) is 36.1 Å². The Morgan fingerprint density at radius 1 is 1.31 bits per heavy atom. The van der Waals surface area contributed by atoms with Gasteiger partial charge in [0.05, 0.1) is 0 Å². The molecule has 1 saturated carbocycles. The van der Waals surface area contributed by atoms with Crippen molar-refractivity contribution < 1.29 is 42.3 Å². The summed E-state index contributed by atoms with van der Waals surface area (Å²) in [5.74, 6) is -2.20. The van der Waals surface area contributed by atoms with E-state index in [0.717, 1.165) is 24.6 Å². The third-order valence-corrected chi connectivity index (χ3v) is 10.7. The number of amides is 3. The van der Waals surface area contributed by atoms with Crippen molar-refractivity contribution in [3.63, 3.8) is 0 Å². The first-order chi connectivity index (χ1) is 21.4. The van der Waals surface area contributed by atoms with E-state index in [1.807, 2.05) is 0 Å². The molecule has 3 atom stereocenters. The number of carbonyl (C=O) groups excluding carboxylic acids is 3. The normalized spacial score (nSPS) is 23.6. The number of nitrogens with zero attached hydrogens (tertiary/aromatic N) is 7. The van der Waals surface area contributed by atoms with Crippen LogP contribution in [0.2, 0.25) is 0 Å². The molecule has 0 spiro atoms. The number of carbonyl (C=O) groups is 4. The van der Waals surface area contributed by atoms with E-state index in [2.05, 4.69) is 36.9 Å². The Bertz CT molecular complexity index is 1550. The van der Waals surface area contributed by atoms with Gasteiger partial charge >= 0.3 is 18.1 Å². The van der Waals surface area contributed by atoms with Crippen LogP contribution in [0.3, 0.4) is 0 Å². The number of anilines is 1. The van der Waals surface area contributed by atoms with Crippen LogP contribution in [0.25, 0.3) is 0 Å². The number of fused-ring (bicyclic) bond motifs is 1. The number of tetrazole rings is 1. The molecular weight excluding hydrogens is 664 g/mol. The number of hydrogen-bond acceptors (Lipinski definition) is 13. The standard InChI is InChI=1S/C24H24F3N9O6S3/c1-2-7-36-22(31-33-34-36)45-11-23(20(40)41)9-35-17(38)15(18(35)44-10-23)29-16(37)14(32-42-12-5-3-4-6-12)13-8-43-21(28-13)30-19(39)24(25,26)27/h1,8,12,15,18H,3-7,9-11H2,(H,29,37)(H,40,41)(H,28,30,39)/t15?,18-,23?/m1/s1. The number of thioether (sulfide) groups is 2. The van der Waals surface area contributed by atoms with Crippen molar-refractivity contribution in [2.45, 2.75) is 61.1 Å². The number of alkyl halides is 3. The minimum absolute atomic E-state index is 0.0418. The fraction of sp³-hybridized carbons (Fsp3) is 0.542. The molecule has 240 valence electrons. The number of carboxylic acid groups (broad SMARTS) is 1. The van der Waals surface area contributed by atoms with Gasteiger partial charge in [-0.2, -0.15) is 13.2 Å². The van der Waals surface area contributed by atoms with Gasteiger partial charge in [0, 0.05) is 23.4 Å². The van der Waals surface area contributed by atoms with Crippen molar-refractivity contribution in [1.29, 1.82) is 0 Å². The fourth-order valence-electron chi connectivity index (χ4n) is 4.74. The molecule has 2 aliphatic heterocycles. The smallest absolute Gasteiger partial charge is 0.471 e. The summed E-state index contributed by atoms with van der Waals surface area (Å²) < 4.78 is 39.4. The third-order valence-electron chi connectivity index (χ3n) is 7.14. The number of halogens is 3. The number of aliphatic carboxylic acids is 1. The van der Waals surface area contributed by atoms with Gasteiger partial charge in [0.25, 0.3) is 5.91 Å². The molecule has 0 radical (unpaired) electrons. The van der Waals surface area contributed by atoms with Crippen molar-refractivity contribution in [3.8, 4) is 12.3 Å². The highest BCUT2D eigenvalue weighted by Crippen LogP contribution is 2.44. The van der Waals surface area contributed by atoms with Crippen LogP contribution in [0.4, 0.5) is 18.3 Å². The molecule has 0 bridgehead atoms. The lowest BCUT2D eigenvalue weighted by Gasteiger charge is -2.53. The Kier molecular flexibility index (Phi) is 9.54. The first-order valence-corrected chi connectivity index (χ1v) is 16.2. The van der Waals surface area contributed by atoms with E-state index in [-0.39, 0.29) is 36.4 Å². The van der Waals surface area contributed by atoms with Gasteiger partial charge in [-0.25, -0.2) is 9.67 Å². The van der Waals surface area contributed by atoms with Crippen LogP contribution in [0, 0.1) is 17.8 Å². The van der Waals surface area contributed by atoms with Crippen LogP contribution in [0.5, 0.6) is 0 Å². The first-order valence-electron chi connectivity index (χ1n) is 13.3. The monoisotopic (exact) mass is 687 g/mol. The maximum Gasteiger partial charge on any atom is 0.471 e. The second-order valence-corrected chi connectivity index (χ2v) is 13.2. The van der Waals surface area contributed by atoms with E-state index in [1.165, 1.54) is 26.7 Å². The molecular formula is C24H24F3N9O6S3. The van der Waals surface area contributed by atoms with Gasteiger partial charge in [0.2, 0.25) is 11.1 Å². The van der Waals surface area contributed by atoms with Crippen molar-refractivity contribution in [1.82, 2.24) is 35.4 Å². The van der Waals surface area contributed by atoms with Crippen molar-refractivity contribution in [3.05, 3.63) is 11.1 Å². The maximum absolute atomic E-state index is 13.4. The largest absolute Gasteiger partial charge is 0.481 e. The van der Waals surface area contributed by atoms with Crippen LogP contribution in [0.15, 0.2) is 15.7 Å². The lowest BCUT2D eigenvalue weighted by Crippen LogP contribution is -2.74. The number of thiazole rings is 1. The van der Waals surface area contributed by atoms with Gasteiger partial charge in [-0.15, -0.1) is 34.6 Å². The predicted molar refractivity (Wildman–Crippen MR) is 154 cm³/mol. The van der Waals surface area contributed by atoms with Crippen molar-refractivity contribution >= 4 is 69.4 Å². The molecule has 3 amide bonds. The first kappa shape index (κ1) is 32.5.